The molecule has 8 nitrogen and oxygen atoms in total. The van der Waals surface area contributed by atoms with Crippen molar-refractivity contribution < 1.29 is 26.6 Å². The Kier molecular flexibility index (Phi) is 7.65. The summed E-state index contributed by atoms with van der Waals surface area (Å²) >= 11 is 0.726. The molecule has 11 heteroatoms. The van der Waals surface area contributed by atoms with Gasteiger partial charge < -0.3 is 13.7 Å². The number of rotatable bonds is 10. The predicted octanol–water partition coefficient (Wildman–Crippen LogP) is 4.65. The van der Waals surface area contributed by atoms with Crippen LogP contribution >= 0.6 is 12.3 Å². The molecule has 0 bridgehead atoms. The zero-order valence-corrected chi connectivity index (χ0v) is 18.4. The van der Waals surface area contributed by atoms with Crippen molar-refractivity contribution in [3.63, 3.8) is 0 Å². The lowest BCUT2D eigenvalue weighted by atomic mass is 10.1. The highest BCUT2D eigenvalue weighted by molar-refractivity contribution is 7.90. The molecule has 0 saturated carbocycles. The average Bonchev–Trinajstić information content (AvgIpc) is 2.76. The van der Waals surface area contributed by atoms with Crippen LogP contribution in [0.3, 0.4) is 0 Å². The van der Waals surface area contributed by atoms with Crippen molar-refractivity contribution in [2.45, 2.75) is 19.8 Å². The van der Waals surface area contributed by atoms with Crippen molar-refractivity contribution in [3.8, 4) is 34.5 Å². The monoisotopic (exact) mass is 465 g/mol. The molecule has 0 aliphatic rings. The van der Waals surface area contributed by atoms with E-state index in [1.165, 1.54) is 25.4 Å². The Morgan fingerprint density at radius 3 is 2.69 bits per heavy atom. The van der Waals surface area contributed by atoms with Crippen LogP contribution in [-0.2, 0) is 11.2 Å². The van der Waals surface area contributed by atoms with E-state index in [-0.39, 0.29) is 22.9 Å². The van der Waals surface area contributed by atoms with Gasteiger partial charge in [0.05, 0.1) is 18.4 Å². The molecule has 0 unspecified atom stereocenters. The lowest BCUT2D eigenvalue weighted by Gasteiger charge is -2.16. The van der Waals surface area contributed by atoms with E-state index in [1.807, 2.05) is 0 Å². The molecule has 0 fully saturated rings. The van der Waals surface area contributed by atoms with Gasteiger partial charge in [0.1, 0.15) is 5.69 Å². The highest BCUT2D eigenvalue weighted by atomic mass is 32.2. The van der Waals surface area contributed by atoms with Crippen molar-refractivity contribution in [2.24, 2.45) is 7.05 Å². The van der Waals surface area contributed by atoms with Crippen LogP contribution in [0.4, 0.5) is 8.78 Å². The van der Waals surface area contributed by atoms with Crippen LogP contribution in [0.15, 0.2) is 53.6 Å². The van der Waals surface area contributed by atoms with Gasteiger partial charge in [-0.3, -0.25) is 13.5 Å². The summed E-state index contributed by atoms with van der Waals surface area (Å²) in [6.45, 7) is 2.08. The minimum atomic E-state index is -3.03. The Balaban J connectivity index is 1.94. The van der Waals surface area contributed by atoms with E-state index >= 15 is 0 Å². The van der Waals surface area contributed by atoms with Gasteiger partial charge in [0.25, 0.3) is 11.5 Å². The summed E-state index contributed by atoms with van der Waals surface area (Å²) in [6, 6.07) is 9.61. The quantitative estimate of drug-likeness (QED) is 0.316. The SMILES string of the molecule is CCOSOc1cc(Oc2ccccn2)cnc1-c1ccc(OCC(C)(F)F)n(C)c1=O. The lowest BCUT2D eigenvalue weighted by molar-refractivity contribution is -0.0252. The second-order valence-electron chi connectivity index (χ2n) is 6.65. The van der Waals surface area contributed by atoms with Crippen molar-refractivity contribution in [2.75, 3.05) is 13.2 Å². The van der Waals surface area contributed by atoms with Gasteiger partial charge in [-0.2, -0.15) is 0 Å². The molecule has 0 spiro atoms. The Labute approximate surface area is 187 Å². The first-order valence-corrected chi connectivity index (χ1v) is 10.2. The van der Waals surface area contributed by atoms with E-state index in [9.17, 15) is 13.6 Å². The largest absolute Gasteiger partial charge is 0.472 e. The summed E-state index contributed by atoms with van der Waals surface area (Å²) in [5.74, 6) is -2.13. The number of hydrogen-bond acceptors (Lipinski definition) is 8. The van der Waals surface area contributed by atoms with Crippen LogP contribution in [0.2, 0.25) is 0 Å². The molecule has 0 N–H and O–H groups in total. The van der Waals surface area contributed by atoms with Gasteiger partial charge in [0.15, 0.2) is 24.0 Å². The molecular weight excluding hydrogens is 444 g/mol. The Hall–Kier alpha value is -3.18. The van der Waals surface area contributed by atoms with Gasteiger partial charge in [-0.1, -0.05) is 6.07 Å². The van der Waals surface area contributed by atoms with Crippen LogP contribution in [0.5, 0.6) is 23.3 Å². The maximum atomic E-state index is 13.1. The summed E-state index contributed by atoms with van der Waals surface area (Å²) in [4.78, 5) is 21.3. The number of aromatic nitrogens is 3. The minimum Gasteiger partial charge on any atom is -0.472 e. The fourth-order valence-corrected chi connectivity index (χ4v) is 2.87. The molecule has 3 heterocycles. The van der Waals surface area contributed by atoms with E-state index in [0.29, 0.717) is 18.2 Å². The predicted molar refractivity (Wildman–Crippen MR) is 115 cm³/mol. The van der Waals surface area contributed by atoms with Crippen LogP contribution < -0.4 is 19.2 Å². The Morgan fingerprint density at radius 1 is 1.19 bits per heavy atom. The molecule has 0 radical (unpaired) electrons. The van der Waals surface area contributed by atoms with Crippen molar-refractivity contribution in [1.29, 1.82) is 0 Å². The summed E-state index contributed by atoms with van der Waals surface area (Å²) in [7, 11) is 1.42. The summed E-state index contributed by atoms with van der Waals surface area (Å²) in [6.07, 6.45) is 3.00. The maximum Gasteiger partial charge on any atom is 0.278 e. The van der Waals surface area contributed by atoms with E-state index in [0.717, 1.165) is 23.8 Å². The molecule has 0 amide bonds. The lowest BCUT2D eigenvalue weighted by Crippen LogP contribution is -2.26. The standard InChI is InChI=1S/C21H21F2N3O5S/c1-4-29-32-31-16-11-14(30-17-7-5-6-10-24-17)12-25-19(16)15-8-9-18(26(3)20(15)27)28-13-21(2,22)23/h5-12H,4,13H2,1-3H3. The smallest absolute Gasteiger partial charge is 0.278 e. The minimum absolute atomic E-state index is 0.00143. The number of halogens is 2. The number of ether oxygens (including phenoxy) is 2. The zero-order chi connectivity index (χ0) is 23.1. The first kappa shape index (κ1) is 23.5. The van der Waals surface area contributed by atoms with Gasteiger partial charge in [-0.05, 0) is 25.1 Å². The van der Waals surface area contributed by atoms with Crippen molar-refractivity contribution in [1.82, 2.24) is 14.5 Å². The Bertz CT molecular complexity index is 1110. The van der Waals surface area contributed by atoms with Gasteiger partial charge in [0, 0.05) is 32.3 Å². The fraction of sp³-hybridized carbons (Fsp3) is 0.286. The number of alkyl halides is 2. The second-order valence-corrected chi connectivity index (χ2v) is 7.19. The molecule has 0 saturated heterocycles. The molecule has 3 aromatic rings. The third-order valence-corrected chi connectivity index (χ3v) is 4.54. The van der Waals surface area contributed by atoms with Crippen LogP contribution in [-0.4, -0.2) is 33.7 Å². The molecule has 0 aliphatic heterocycles. The van der Waals surface area contributed by atoms with E-state index < -0.39 is 18.1 Å². The molecule has 32 heavy (non-hydrogen) atoms. The fourth-order valence-electron chi connectivity index (χ4n) is 2.53. The molecule has 3 aromatic heterocycles. The number of pyridine rings is 3. The second kappa shape index (κ2) is 10.4. The highest BCUT2D eigenvalue weighted by Crippen LogP contribution is 2.33. The van der Waals surface area contributed by atoms with E-state index in [4.69, 9.17) is 17.8 Å². The molecule has 3 rings (SSSR count). The summed E-state index contributed by atoms with van der Waals surface area (Å²) in [5, 5.41) is 0. The maximum absolute atomic E-state index is 13.1. The van der Waals surface area contributed by atoms with Crippen molar-refractivity contribution >= 4 is 12.3 Å². The first-order valence-electron chi connectivity index (χ1n) is 9.54. The highest BCUT2D eigenvalue weighted by Gasteiger charge is 2.23. The third-order valence-electron chi connectivity index (χ3n) is 3.96. The zero-order valence-electron chi connectivity index (χ0n) is 17.6. The molecule has 0 atom stereocenters. The van der Waals surface area contributed by atoms with Gasteiger partial charge in [0.2, 0.25) is 18.2 Å². The number of hydrogen-bond donors (Lipinski definition) is 0. The van der Waals surface area contributed by atoms with E-state index in [1.54, 1.807) is 37.4 Å². The van der Waals surface area contributed by atoms with Crippen LogP contribution in [0.1, 0.15) is 13.8 Å². The Morgan fingerprint density at radius 2 is 2.00 bits per heavy atom. The molecule has 170 valence electrons. The van der Waals surface area contributed by atoms with Gasteiger partial charge >= 0.3 is 0 Å². The average molecular weight is 465 g/mol. The summed E-state index contributed by atoms with van der Waals surface area (Å²) < 4.78 is 48.8. The number of nitrogens with zero attached hydrogens (tertiary/aromatic N) is 3. The summed E-state index contributed by atoms with van der Waals surface area (Å²) in [5.41, 5.74) is -0.0998. The third kappa shape index (κ3) is 6.17. The molecule has 0 aromatic carbocycles. The molecule has 0 aliphatic carbocycles. The van der Waals surface area contributed by atoms with Crippen LogP contribution in [0, 0.1) is 0 Å². The van der Waals surface area contributed by atoms with Crippen molar-refractivity contribution in [3.05, 3.63) is 59.1 Å². The normalized spacial score (nSPS) is 11.3. The van der Waals surface area contributed by atoms with Crippen LogP contribution in [0.25, 0.3) is 11.3 Å². The van der Waals surface area contributed by atoms with E-state index in [2.05, 4.69) is 9.97 Å². The topological polar surface area (TPSA) is 84.7 Å². The first-order chi connectivity index (χ1) is 15.3. The van der Waals surface area contributed by atoms with Gasteiger partial charge in [-0.15, -0.1) is 0 Å². The van der Waals surface area contributed by atoms with Gasteiger partial charge in [-0.25, -0.2) is 18.7 Å². The molecular formula is C21H21F2N3O5S.